The molecular formula is C12H14N4O2. The van der Waals surface area contributed by atoms with E-state index in [9.17, 15) is 4.79 Å². The number of carbonyl (C=O) groups is 1. The van der Waals surface area contributed by atoms with Crippen LogP contribution in [-0.2, 0) is 18.3 Å². The molecular weight excluding hydrogens is 232 g/mol. The van der Waals surface area contributed by atoms with E-state index in [1.165, 1.54) is 11.0 Å². The van der Waals surface area contributed by atoms with Gasteiger partial charge in [-0.2, -0.15) is 9.90 Å². The largest absolute Gasteiger partial charge is 0.497 e. The van der Waals surface area contributed by atoms with Crippen LogP contribution in [0.1, 0.15) is 5.56 Å². The van der Waals surface area contributed by atoms with Crippen LogP contribution in [0.2, 0.25) is 0 Å². The van der Waals surface area contributed by atoms with Crippen molar-refractivity contribution in [2.24, 2.45) is 7.05 Å². The van der Waals surface area contributed by atoms with E-state index in [0.717, 1.165) is 11.3 Å². The number of amides is 1. The molecule has 94 valence electrons. The molecule has 0 saturated heterocycles. The van der Waals surface area contributed by atoms with Gasteiger partial charge in [0.2, 0.25) is 5.91 Å². The molecule has 1 N–H and O–H groups in total. The van der Waals surface area contributed by atoms with Crippen molar-refractivity contribution in [1.29, 1.82) is 0 Å². The highest BCUT2D eigenvalue weighted by Gasteiger charge is 2.06. The van der Waals surface area contributed by atoms with Gasteiger partial charge in [-0.1, -0.05) is 12.1 Å². The van der Waals surface area contributed by atoms with Gasteiger partial charge in [0.15, 0.2) is 5.82 Å². The molecule has 2 rings (SSSR count). The minimum Gasteiger partial charge on any atom is -0.497 e. The third-order valence-corrected chi connectivity index (χ3v) is 2.39. The predicted octanol–water partition coefficient (Wildman–Crippen LogP) is 1.00. The maximum Gasteiger partial charge on any atom is 0.230 e. The number of nitrogens with one attached hydrogen (secondary N) is 1. The Hall–Kier alpha value is -2.37. The summed E-state index contributed by atoms with van der Waals surface area (Å²) in [6.07, 6.45) is 1.80. The van der Waals surface area contributed by atoms with Gasteiger partial charge < -0.3 is 10.1 Å². The van der Waals surface area contributed by atoms with Crippen molar-refractivity contribution in [2.45, 2.75) is 6.42 Å². The Labute approximate surface area is 105 Å². The van der Waals surface area contributed by atoms with E-state index in [4.69, 9.17) is 4.74 Å². The number of methoxy groups -OCH3 is 1. The molecule has 1 aromatic heterocycles. The first-order chi connectivity index (χ1) is 8.67. The average molecular weight is 246 g/mol. The summed E-state index contributed by atoms with van der Waals surface area (Å²) in [4.78, 5) is 13.1. The van der Waals surface area contributed by atoms with Crippen LogP contribution in [0.5, 0.6) is 5.75 Å². The van der Waals surface area contributed by atoms with Crippen molar-refractivity contribution >= 4 is 11.7 Å². The zero-order chi connectivity index (χ0) is 13.0. The van der Waals surface area contributed by atoms with Gasteiger partial charge in [-0.3, -0.25) is 4.79 Å². The molecule has 6 heteroatoms. The number of aromatic nitrogens is 3. The highest BCUT2D eigenvalue weighted by Crippen LogP contribution is 2.12. The lowest BCUT2D eigenvalue weighted by molar-refractivity contribution is -0.115. The molecule has 1 aromatic carbocycles. The summed E-state index contributed by atoms with van der Waals surface area (Å²) in [6, 6.07) is 7.36. The fourth-order valence-electron chi connectivity index (χ4n) is 1.52. The van der Waals surface area contributed by atoms with Gasteiger partial charge >= 0.3 is 0 Å². The van der Waals surface area contributed by atoms with Crippen LogP contribution in [0.3, 0.4) is 0 Å². The van der Waals surface area contributed by atoms with Gasteiger partial charge in [-0.05, 0) is 17.7 Å². The van der Waals surface area contributed by atoms with E-state index in [0.29, 0.717) is 12.2 Å². The molecule has 0 aliphatic carbocycles. The van der Waals surface area contributed by atoms with Crippen LogP contribution in [0, 0.1) is 0 Å². The highest BCUT2D eigenvalue weighted by molar-refractivity contribution is 5.91. The molecule has 0 saturated carbocycles. The lowest BCUT2D eigenvalue weighted by Gasteiger charge is -2.03. The van der Waals surface area contributed by atoms with E-state index >= 15 is 0 Å². The maximum absolute atomic E-state index is 11.7. The quantitative estimate of drug-likeness (QED) is 0.874. The number of hydrogen-bond donors (Lipinski definition) is 1. The fraction of sp³-hybridized carbons (Fsp3) is 0.250. The predicted molar refractivity (Wildman–Crippen MR) is 66.3 cm³/mol. The zero-order valence-corrected chi connectivity index (χ0v) is 10.3. The van der Waals surface area contributed by atoms with Gasteiger partial charge in [-0.15, -0.1) is 5.10 Å². The van der Waals surface area contributed by atoms with Crippen molar-refractivity contribution in [3.63, 3.8) is 0 Å². The SMILES string of the molecule is COc1ccc(CC(=O)Nc2cnn(C)n2)cc1. The molecule has 6 nitrogen and oxygen atoms in total. The van der Waals surface area contributed by atoms with Crippen LogP contribution in [0.15, 0.2) is 30.5 Å². The molecule has 0 spiro atoms. The van der Waals surface area contributed by atoms with E-state index in [1.54, 1.807) is 14.2 Å². The van der Waals surface area contributed by atoms with Crippen molar-refractivity contribution in [1.82, 2.24) is 15.0 Å². The molecule has 18 heavy (non-hydrogen) atoms. The van der Waals surface area contributed by atoms with Crippen molar-refractivity contribution in [2.75, 3.05) is 12.4 Å². The lowest BCUT2D eigenvalue weighted by Crippen LogP contribution is -2.14. The van der Waals surface area contributed by atoms with E-state index in [-0.39, 0.29) is 5.91 Å². The summed E-state index contributed by atoms with van der Waals surface area (Å²) < 4.78 is 5.05. The third kappa shape index (κ3) is 3.07. The van der Waals surface area contributed by atoms with E-state index in [2.05, 4.69) is 15.5 Å². The molecule has 1 amide bonds. The number of carbonyl (C=O) groups excluding carboxylic acids is 1. The molecule has 0 fully saturated rings. The Morgan fingerprint density at radius 2 is 2.11 bits per heavy atom. The zero-order valence-electron chi connectivity index (χ0n) is 10.3. The summed E-state index contributed by atoms with van der Waals surface area (Å²) in [5, 5.41) is 10.5. The summed E-state index contributed by atoms with van der Waals surface area (Å²) >= 11 is 0. The Kier molecular flexibility index (Phi) is 3.57. The number of ether oxygens (including phenoxy) is 1. The number of benzene rings is 1. The van der Waals surface area contributed by atoms with Crippen LogP contribution >= 0.6 is 0 Å². The molecule has 2 aromatic rings. The summed E-state index contributed by atoms with van der Waals surface area (Å²) in [5.74, 6) is 1.10. The molecule has 1 heterocycles. The van der Waals surface area contributed by atoms with Crippen LogP contribution in [0.25, 0.3) is 0 Å². The Morgan fingerprint density at radius 1 is 1.39 bits per heavy atom. The summed E-state index contributed by atoms with van der Waals surface area (Å²) in [6.45, 7) is 0. The van der Waals surface area contributed by atoms with Gasteiger partial charge in [0.25, 0.3) is 0 Å². The number of anilines is 1. The second-order valence-electron chi connectivity index (χ2n) is 3.79. The minimum absolute atomic E-state index is 0.124. The Morgan fingerprint density at radius 3 is 2.67 bits per heavy atom. The monoisotopic (exact) mass is 246 g/mol. The van der Waals surface area contributed by atoms with Crippen LogP contribution in [-0.4, -0.2) is 28.0 Å². The van der Waals surface area contributed by atoms with Crippen molar-refractivity contribution in [3.8, 4) is 5.75 Å². The molecule has 0 aliphatic heterocycles. The average Bonchev–Trinajstić information content (AvgIpc) is 2.75. The standard InChI is InChI=1S/C12H14N4O2/c1-16-13-8-11(15-16)14-12(17)7-9-3-5-10(18-2)6-4-9/h3-6,8H,7H2,1-2H3,(H,14,15,17). The third-order valence-electron chi connectivity index (χ3n) is 2.39. The highest BCUT2D eigenvalue weighted by atomic mass is 16.5. The smallest absolute Gasteiger partial charge is 0.230 e. The molecule has 0 atom stereocenters. The number of nitrogens with zero attached hydrogens (tertiary/aromatic N) is 3. The van der Waals surface area contributed by atoms with Crippen LogP contribution in [0.4, 0.5) is 5.82 Å². The first kappa shape index (κ1) is 12.1. The van der Waals surface area contributed by atoms with Crippen LogP contribution < -0.4 is 10.1 Å². The lowest BCUT2D eigenvalue weighted by atomic mass is 10.1. The first-order valence-corrected chi connectivity index (χ1v) is 5.46. The van der Waals surface area contributed by atoms with Gasteiger partial charge in [0.1, 0.15) is 5.75 Å². The number of rotatable bonds is 4. The van der Waals surface area contributed by atoms with Gasteiger partial charge in [-0.25, -0.2) is 0 Å². The number of aryl methyl sites for hydroxylation is 1. The normalized spacial score (nSPS) is 10.1. The van der Waals surface area contributed by atoms with Crippen molar-refractivity contribution in [3.05, 3.63) is 36.0 Å². The Balaban J connectivity index is 1.94. The molecule has 0 radical (unpaired) electrons. The molecule has 0 aliphatic rings. The summed E-state index contributed by atoms with van der Waals surface area (Å²) in [5.41, 5.74) is 0.914. The first-order valence-electron chi connectivity index (χ1n) is 5.46. The van der Waals surface area contributed by atoms with Gasteiger partial charge in [0, 0.05) is 7.05 Å². The minimum atomic E-state index is -0.124. The molecule has 0 bridgehead atoms. The topological polar surface area (TPSA) is 69.0 Å². The maximum atomic E-state index is 11.7. The van der Waals surface area contributed by atoms with E-state index in [1.807, 2.05) is 24.3 Å². The fourth-order valence-corrected chi connectivity index (χ4v) is 1.52. The second kappa shape index (κ2) is 5.31. The second-order valence-corrected chi connectivity index (χ2v) is 3.79. The van der Waals surface area contributed by atoms with E-state index < -0.39 is 0 Å². The number of hydrogen-bond acceptors (Lipinski definition) is 4. The van der Waals surface area contributed by atoms with Crippen molar-refractivity contribution < 1.29 is 9.53 Å². The Bertz CT molecular complexity index is 533. The summed E-state index contributed by atoms with van der Waals surface area (Å²) in [7, 11) is 3.30. The van der Waals surface area contributed by atoms with Gasteiger partial charge in [0.05, 0.1) is 19.7 Å². The molecule has 0 unspecified atom stereocenters.